The summed E-state index contributed by atoms with van der Waals surface area (Å²) in [6.07, 6.45) is 4.91. The lowest BCUT2D eigenvalue weighted by Crippen LogP contribution is -2.55. The van der Waals surface area contributed by atoms with Crippen LogP contribution in [0.4, 0.5) is 0 Å². The zero-order chi connectivity index (χ0) is 44.4. The van der Waals surface area contributed by atoms with Crippen molar-refractivity contribution in [3.05, 3.63) is 78.8 Å². The van der Waals surface area contributed by atoms with Gasteiger partial charge in [-0.3, -0.25) is 13.9 Å². The first-order chi connectivity index (χ1) is 28.8. The molecule has 13 nitrogen and oxygen atoms in total. The number of nitrogens with zero attached hydrogens (tertiary/aromatic N) is 5. The molecule has 4 aromatic rings. The molecule has 340 valence electrons. The first kappa shape index (κ1) is 49.3. The lowest BCUT2D eigenvalue weighted by molar-refractivity contribution is -0.0373. The van der Waals surface area contributed by atoms with Crippen molar-refractivity contribution in [3.8, 4) is 22.9 Å². The molecule has 0 atom stereocenters. The molecule has 2 aromatic heterocycles. The number of aryl methyl sites for hydroxylation is 2. The number of hydrogen-bond donors (Lipinski definition) is 2. The number of amides is 1. The number of fused-ring (bicyclic) bond motifs is 6. The Morgan fingerprint density at radius 2 is 1.26 bits per heavy atom. The van der Waals surface area contributed by atoms with Gasteiger partial charge in [0, 0.05) is 18.6 Å². The molecule has 0 spiro atoms. The summed E-state index contributed by atoms with van der Waals surface area (Å²) in [5.41, 5.74) is 9.02. The molecule has 15 heteroatoms. The minimum atomic E-state index is -0.987. The van der Waals surface area contributed by atoms with Crippen molar-refractivity contribution in [1.29, 1.82) is 0 Å². The zero-order valence-corrected chi connectivity index (χ0v) is 40.5. The number of rotatable bonds is 8. The van der Waals surface area contributed by atoms with Gasteiger partial charge in [0.25, 0.3) is 5.91 Å². The Balaban J connectivity index is 0.000000200. The average Bonchev–Trinajstić information content (AvgIpc) is 3.73. The SMILES string of the molecule is C.CC1(C)COCCN1.COc1cc2c(cc1CC(C)C)-n1c(Br)nc(C(=O)N3CCOCC3(C)C)c1CC2.COc1cc2c(cc1CC(C)C)-n1c(Br)nc(C(=O)O)c1CC2. The number of nitrogens with one attached hydrogen (secondary N) is 1. The average molecular weight is 987 g/mol. The summed E-state index contributed by atoms with van der Waals surface area (Å²) < 4.78 is 27.2. The van der Waals surface area contributed by atoms with Crippen molar-refractivity contribution in [2.24, 2.45) is 11.8 Å². The molecule has 1 amide bonds. The molecule has 0 saturated carbocycles. The Kier molecular flexibility index (Phi) is 16.2. The number of halogens is 2. The minimum Gasteiger partial charge on any atom is -0.496 e. The van der Waals surface area contributed by atoms with Gasteiger partial charge >= 0.3 is 5.97 Å². The Morgan fingerprint density at radius 3 is 1.66 bits per heavy atom. The minimum absolute atomic E-state index is 0. The second-order valence-corrected chi connectivity index (χ2v) is 19.7. The van der Waals surface area contributed by atoms with Gasteiger partial charge in [-0.1, -0.05) is 35.1 Å². The number of ether oxygens (including phenoxy) is 4. The number of imidazole rings is 2. The van der Waals surface area contributed by atoms with Gasteiger partial charge in [0.15, 0.2) is 20.9 Å². The van der Waals surface area contributed by atoms with E-state index in [9.17, 15) is 14.7 Å². The van der Waals surface area contributed by atoms with Gasteiger partial charge in [0.2, 0.25) is 0 Å². The number of aromatic nitrogens is 4. The summed E-state index contributed by atoms with van der Waals surface area (Å²) in [6.45, 7) is 21.5. The van der Waals surface area contributed by atoms with Crippen molar-refractivity contribution in [1.82, 2.24) is 29.3 Å². The van der Waals surface area contributed by atoms with Crippen LogP contribution >= 0.6 is 31.9 Å². The number of carboxylic acids is 1. The van der Waals surface area contributed by atoms with E-state index in [1.807, 2.05) is 23.3 Å². The summed E-state index contributed by atoms with van der Waals surface area (Å²) in [5, 5.41) is 12.7. The molecule has 4 aliphatic heterocycles. The first-order valence-corrected chi connectivity index (χ1v) is 22.8. The highest BCUT2D eigenvalue weighted by Crippen LogP contribution is 2.38. The Hall–Kier alpha value is -3.76. The van der Waals surface area contributed by atoms with Gasteiger partial charge in [0.1, 0.15) is 11.5 Å². The van der Waals surface area contributed by atoms with Gasteiger partial charge in [-0.15, -0.1) is 0 Å². The molecular weight excluding hydrogens is 920 g/mol. The van der Waals surface area contributed by atoms with Gasteiger partial charge in [0.05, 0.1) is 68.9 Å². The summed E-state index contributed by atoms with van der Waals surface area (Å²) in [7, 11) is 3.42. The number of carbonyl (C=O) groups excluding carboxylic acids is 1. The summed E-state index contributed by atoms with van der Waals surface area (Å²) in [4.78, 5) is 35.6. The third-order valence-corrected chi connectivity index (χ3v) is 12.5. The second kappa shape index (κ2) is 20.4. The Labute approximate surface area is 384 Å². The number of benzene rings is 2. The Bertz CT molecular complexity index is 2240. The predicted molar refractivity (Wildman–Crippen MR) is 250 cm³/mol. The molecule has 8 rings (SSSR count). The van der Waals surface area contributed by atoms with E-state index >= 15 is 0 Å². The molecule has 0 aliphatic carbocycles. The number of methoxy groups -OCH3 is 2. The molecule has 6 heterocycles. The summed E-state index contributed by atoms with van der Waals surface area (Å²) in [5.74, 6) is 1.86. The van der Waals surface area contributed by atoms with E-state index in [1.165, 1.54) is 11.1 Å². The van der Waals surface area contributed by atoms with Crippen LogP contribution in [-0.4, -0.2) is 106 Å². The van der Waals surface area contributed by atoms with Crippen LogP contribution in [0, 0.1) is 11.8 Å². The van der Waals surface area contributed by atoms with Crippen LogP contribution in [0.3, 0.4) is 0 Å². The highest BCUT2D eigenvalue weighted by Gasteiger charge is 2.38. The predicted octanol–water partition coefficient (Wildman–Crippen LogP) is 8.85. The van der Waals surface area contributed by atoms with Crippen LogP contribution in [0.1, 0.15) is 117 Å². The fourth-order valence-corrected chi connectivity index (χ4v) is 9.72. The van der Waals surface area contributed by atoms with E-state index < -0.39 is 5.97 Å². The standard InChI is InChI=1S/C23H30BrN3O3.C17H19BrN2O3.C6H13NO.CH4/c1-14(2)10-16-11-18-15(12-19(16)29-5)6-7-17-20(25-22(24)27(17)18)21(28)26-8-9-30-13-23(26,3)4;1-9(2)6-11-7-13-10(8-14(11)23-3)4-5-12-15(16(21)22)19-17(18)20(12)13;1-6(2)5-8-4-3-7-6;/h11-12,14H,6-10,13H2,1-5H3;7-9H,4-6H2,1-3H3,(H,21,22);7H,3-5H2,1-2H3;1H4. The summed E-state index contributed by atoms with van der Waals surface area (Å²) in [6, 6.07) is 8.53. The van der Waals surface area contributed by atoms with E-state index in [1.54, 1.807) is 14.2 Å². The van der Waals surface area contributed by atoms with Crippen LogP contribution in [0.2, 0.25) is 0 Å². The first-order valence-electron chi connectivity index (χ1n) is 21.3. The number of carbonyl (C=O) groups is 2. The van der Waals surface area contributed by atoms with Crippen LogP contribution in [0.25, 0.3) is 11.4 Å². The summed E-state index contributed by atoms with van der Waals surface area (Å²) >= 11 is 7.04. The van der Waals surface area contributed by atoms with Crippen molar-refractivity contribution in [2.75, 3.05) is 53.7 Å². The smallest absolute Gasteiger partial charge is 0.356 e. The quantitative estimate of drug-likeness (QED) is 0.176. The topological polar surface area (TPSA) is 142 Å². The maximum Gasteiger partial charge on any atom is 0.356 e. The second-order valence-electron chi connectivity index (χ2n) is 18.3. The van der Waals surface area contributed by atoms with Crippen LogP contribution in [-0.2, 0) is 48.0 Å². The van der Waals surface area contributed by atoms with Crippen LogP contribution in [0.15, 0.2) is 33.7 Å². The van der Waals surface area contributed by atoms with Gasteiger partial charge in [-0.05, 0) is 156 Å². The maximum atomic E-state index is 13.5. The number of hydrogen-bond acceptors (Lipinski definition) is 9. The lowest BCUT2D eigenvalue weighted by Gasteiger charge is -2.41. The molecule has 0 bridgehead atoms. The molecule has 2 saturated heterocycles. The van der Waals surface area contributed by atoms with E-state index in [4.69, 9.17) is 18.9 Å². The molecule has 2 N–H and O–H groups in total. The maximum absolute atomic E-state index is 13.5. The monoisotopic (exact) mass is 984 g/mol. The fraction of sp³-hybridized carbons (Fsp3) is 0.574. The molecule has 4 aliphatic rings. The largest absolute Gasteiger partial charge is 0.496 e. The molecule has 2 fully saturated rings. The van der Waals surface area contributed by atoms with E-state index in [-0.39, 0.29) is 30.1 Å². The molecule has 62 heavy (non-hydrogen) atoms. The lowest BCUT2D eigenvalue weighted by atomic mass is 9.94. The van der Waals surface area contributed by atoms with E-state index in [0.717, 1.165) is 97.3 Å². The van der Waals surface area contributed by atoms with Crippen molar-refractivity contribution >= 4 is 43.7 Å². The normalized spacial score (nSPS) is 16.9. The van der Waals surface area contributed by atoms with Crippen LogP contribution in [0.5, 0.6) is 11.5 Å². The number of carboxylic acid groups (broad SMARTS) is 1. The molecule has 2 aromatic carbocycles. The van der Waals surface area contributed by atoms with Gasteiger partial charge < -0.3 is 34.3 Å². The molecule has 0 unspecified atom stereocenters. The number of aromatic carboxylic acids is 1. The third-order valence-electron chi connectivity index (χ3n) is 11.4. The van der Waals surface area contributed by atoms with Crippen molar-refractivity contribution in [2.45, 2.75) is 112 Å². The third kappa shape index (κ3) is 10.8. The van der Waals surface area contributed by atoms with Crippen molar-refractivity contribution < 1.29 is 33.6 Å². The van der Waals surface area contributed by atoms with E-state index in [2.05, 4.69) is 118 Å². The highest BCUT2D eigenvalue weighted by atomic mass is 79.9. The molecule has 0 radical (unpaired) electrons. The number of morpholine rings is 2. The zero-order valence-electron chi connectivity index (χ0n) is 37.3. The fourth-order valence-electron chi connectivity index (χ4n) is 8.55. The van der Waals surface area contributed by atoms with Gasteiger partial charge in [-0.25, -0.2) is 14.8 Å². The van der Waals surface area contributed by atoms with E-state index in [0.29, 0.717) is 53.2 Å². The van der Waals surface area contributed by atoms with Crippen molar-refractivity contribution in [3.63, 3.8) is 0 Å². The van der Waals surface area contributed by atoms with Crippen LogP contribution < -0.4 is 14.8 Å². The highest BCUT2D eigenvalue weighted by molar-refractivity contribution is 9.10. The van der Waals surface area contributed by atoms with Gasteiger partial charge in [-0.2, -0.15) is 0 Å². The Morgan fingerprint density at radius 1 is 0.774 bits per heavy atom. The molecular formula is C47H66Br2N6O7.